The Morgan fingerprint density at radius 2 is 1.74 bits per heavy atom. The molecule has 0 saturated carbocycles. The molecule has 0 aliphatic rings. The number of aryl methyl sites for hydroxylation is 2. The number of amides is 2. The maximum absolute atomic E-state index is 12.2. The van der Waals surface area contributed by atoms with Crippen molar-refractivity contribution in [2.45, 2.75) is 34.1 Å². The summed E-state index contributed by atoms with van der Waals surface area (Å²) in [6, 6.07) is 15.4. The van der Waals surface area contributed by atoms with Crippen molar-refractivity contribution < 1.29 is 9.59 Å². The summed E-state index contributed by atoms with van der Waals surface area (Å²) >= 11 is 0. The number of hydrogen-bond acceptors (Lipinski definition) is 3. The Bertz CT molecular complexity index is 884. The first-order chi connectivity index (χ1) is 12.8. The van der Waals surface area contributed by atoms with Gasteiger partial charge in [0.05, 0.1) is 6.42 Å². The minimum atomic E-state index is -0.298. The fourth-order valence-electron chi connectivity index (χ4n) is 2.52. The standard InChI is InChI=1S/C22H25N3O2/c1-15-10-11-20(16(2)12-15)23-21(26)14-18(4)24-25-22(27)17(3)13-19-8-6-5-7-9-19/h5-13H,14H2,1-4H3,(H,23,26)(H,25,27)/b17-13+,24-18+. The topological polar surface area (TPSA) is 70.6 Å². The fraction of sp³-hybridized carbons (Fsp3) is 0.227. The minimum Gasteiger partial charge on any atom is -0.326 e. The lowest BCUT2D eigenvalue weighted by Crippen LogP contribution is -2.22. The first kappa shape index (κ1) is 20.1. The number of benzene rings is 2. The van der Waals surface area contributed by atoms with Crippen molar-refractivity contribution in [2.75, 3.05) is 5.32 Å². The van der Waals surface area contributed by atoms with Gasteiger partial charge in [-0.15, -0.1) is 0 Å². The summed E-state index contributed by atoms with van der Waals surface area (Å²) < 4.78 is 0. The zero-order valence-corrected chi connectivity index (χ0v) is 16.2. The van der Waals surface area contributed by atoms with E-state index in [9.17, 15) is 9.59 Å². The number of nitrogens with zero attached hydrogens (tertiary/aromatic N) is 1. The number of rotatable bonds is 6. The normalized spacial score (nSPS) is 11.9. The fourth-order valence-corrected chi connectivity index (χ4v) is 2.52. The van der Waals surface area contributed by atoms with Gasteiger partial charge in [-0.3, -0.25) is 9.59 Å². The van der Waals surface area contributed by atoms with Crippen molar-refractivity contribution in [3.05, 3.63) is 70.8 Å². The lowest BCUT2D eigenvalue weighted by atomic mass is 10.1. The van der Waals surface area contributed by atoms with Crippen molar-refractivity contribution in [3.63, 3.8) is 0 Å². The zero-order valence-electron chi connectivity index (χ0n) is 16.2. The summed E-state index contributed by atoms with van der Waals surface area (Å²) in [6.45, 7) is 7.39. The number of anilines is 1. The van der Waals surface area contributed by atoms with E-state index in [1.165, 1.54) is 0 Å². The summed E-state index contributed by atoms with van der Waals surface area (Å²) in [5.74, 6) is -0.470. The summed E-state index contributed by atoms with van der Waals surface area (Å²) in [4.78, 5) is 24.3. The first-order valence-corrected chi connectivity index (χ1v) is 8.79. The molecule has 2 rings (SSSR count). The van der Waals surface area contributed by atoms with E-state index in [0.29, 0.717) is 11.3 Å². The second kappa shape index (κ2) is 9.48. The van der Waals surface area contributed by atoms with E-state index in [4.69, 9.17) is 0 Å². The SMILES string of the molecule is C/C(=C\c1ccccc1)C(=O)N/N=C(\C)CC(=O)Nc1ccc(C)cc1C. The molecule has 0 bridgehead atoms. The molecule has 0 heterocycles. The highest BCUT2D eigenvalue weighted by Gasteiger charge is 2.08. The van der Waals surface area contributed by atoms with E-state index in [0.717, 1.165) is 22.4 Å². The largest absolute Gasteiger partial charge is 0.326 e. The smallest absolute Gasteiger partial charge is 0.267 e. The maximum atomic E-state index is 12.2. The first-order valence-electron chi connectivity index (χ1n) is 8.79. The molecular weight excluding hydrogens is 338 g/mol. The van der Waals surface area contributed by atoms with E-state index < -0.39 is 0 Å². The van der Waals surface area contributed by atoms with Crippen LogP contribution in [0, 0.1) is 13.8 Å². The van der Waals surface area contributed by atoms with Crippen LogP contribution in [0.2, 0.25) is 0 Å². The molecule has 0 aliphatic carbocycles. The van der Waals surface area contributed by atoms with Gasteiger partial charge in [0.2, 0.25) is 5.91 Å². The van der Waals surface area contributed by atoms with Crippen LogP contribution in [-0.4, -0.2) is 17.5 Å². The van der Waals surface area contributed by atoms with E-state index in [1.54, 1.807) is 19.9 Å². The average molecular weight is 363 g/mol. The predicted molar refractivity (Wildman–Crippen MR) is 111 cm³/mol. The average Bonchev–Trinajstić information content (AvgIpc) is 2.62. The molecule has 0 atom stereocenters. The summed E-state index contributed by atoms with van der Waals surface area (Å²) in [7, 11) is 0. The summed E-state index contributed by atoms with van der Waals surface area (Å²) in [6.07, 6.45) is 1.89. The van der Waals surface area contributed by atoms with E-state index in [2.05, 4.69) is 15.8 Å². The van der Waals surface area contributed by atoms with Crippen LogP contribution in [0.3, 0.4) is 0 Å². The molecule has 2 amide bonds. The Kier molecular flexibility index (Phi) is 7.06. The number of carbonyl (C=O) groups excluding carboxylic acids is 2. The van der Waals surface area contributed by atoms with Crippen LogP contribution in [0.25, 0.3) is 6.08 Å². The lowest BCUT2D eigenvalue weighted by Gasteiger charge is -2.09. The molecule has 2 aromatic carbocycles. The van der Waals surface area contributed by atoms with Gasteiger partial charge in [-0.05, 0) is 51.0 Å². The van der Waals surface area contributed by atoms with Crippen LogP contribution in [0.15, 0.2) is 59.2 Å². The monoisotopic (exact) mass is 363 g/mol. The molecule has 5 heteroatoms. The molecular formula is C22H25N3O2. The van der Waals surface area contributed by atoms with E-state index in [1.807, 2.05) is 62.4 Å². The molecule has 0 aliphatic heterocycles. The van der Waals surface area contributed by atoms with Crippen molar-refractivity contribution in [1.29, 1.82) is 0 Å². The van der Waals surface area contributed by atoms with E-state index >= 15 is 0 Å². The highest BCUT2D eigenvalue weighted by Crippen LogP contribution is 2.16. The van der Waals surface area contributed by atoms with Crippen LogP contribution in [0.1, 0.15) is 37.0 Å². The van der Waals surface area contributed by atoms with E-state index in [-0.39, 0.29) is 18.2 Å². The van der Waals surface area contributed by atoms with Crippen molar-refractivity contribution in [2.24, 2.45) is 5.10 Å². The lowest BCUT2D eigenvalue weighted by molar-refractivity contribution is -0.117. The van der Waals surface area contributed by atoms with Crippen molar-refractivity contribution in [3.8, 4) is 0 Å². The molecule has 140 valence electrons. The predicted octanol–water partition coefficient (Wildman–Crippen LogP) is 4.23. The Morgan fingerprint density at radius 1 is 1.04 bits per heavy atom. The molecule has 0 spiro atoms. The van der Waals surface area contributed by atoms with Gasteiger partial charge in [-0.25, -0.2) is 5.43 Å². The molecule has 0 aromatic heterocycles. The highest BCUT2D eigenvalue weighted by atomic mass is 16.2. The van der Waals surface area contributed by atoms with Gasteiger partial charge in [-0.2, -0.15) is 5.10 Å². The number of hydrogen-bond donors (Lipinski definition) is 2. The van der Waals surface area contributed by atoms with Gasteiger partial charge < -0.3 is 5.32 Å². The van der Waals surface area contributed by atoms with Crippen LogP contribution < -0.4 is 10.7 Å². The quantitative estimate of drug-likeness (QED) is 0.458. The summed E-state index contributed by atoms with van der Waals surface area (Å²) in [5.41, 5.74) is 7.43. The van der Waals surface area contributed by atoms with Gasteiger partial charge >= 0.3 is 0 Å². The molecule has 2 N–H and O–H groups in total. The molecule has 2 aromatic rings. The molecule has 0 unspecified atom stereocenters. The van der Waals surface area contributed by atoms with Gasteiger partial charge in [0.15, 0.2) is 0 Å². The molecule has 5 nitrogen and oxygen atoms in total. The van der Waals surface area contributed by atoms with Crippen LogP contribution in [0.4, 0.5) is 5.69 Å². The van der Waals surface area contributed by atoms with Crippen LogP contribution in [0.5, 0.6) is 0 Å². The molecule has 0 saturated heterocycles. The Hall–Kier alpha value is -3.21. The van der Waals surface area contributed by atoms with Crippen LogP contribution >= 0.6 is 0 Å². The van der Waals surface area contributed by atoms with Gasteiger partial charge in [0, 0.05) is 17.0 Å². The van der Waals surface area contributed by atoms with Crippen molar-refractivity contribution >= 4 is 29.3 Å². The van der Waals surface area contributed by atoms with Gasteiger partial charge in [-0.1, -0.05) is 48.0 Å². The van der Waals surface area contributed by atoms with Gasteiger partial charge in [0.1, 0.15) is 0 Å². The number of nitrogens with one attached hydrogen (secondary N) is 2. The Balaban J connectivity index is 1.90. The summed E-state index contributed by atoms with van der Waals surface area (Å²) in [5, 5.41) is 6.89. The molecule has 0 radical (unpaired) electrons. The second-order valence-corrected chi connectivity index (χ2v) is 6.57. The third-order valence-corrected chi connectivity index (χ3v) is 3.96. The number of hydrazone groups is 1. The molecule has 0 fully saturated rings. The molecule has 27 heavy (non-hydrogen) atoms. The third kappa shape index (κ3) is 6.55. The van der Waals surface area contributed by atoms with Crippen LogP contribution in [-0.2, 0) is 9.59 Å². The minimum absolute atomic E-state index is 0.106. The second-order valence-electron chi connectivity index (χ2n) is 6.57. The third-order valence-electron chi connectivity index (χ3n) is 3.96. The maximum Gasteiger partial charge on any atom is 0.267 e. The van der Waals surface area contributed by atoms with Crippen molar-refractivity contribution in [1.82, 2.24) is 5.43 Å². The van der Waals surface area contributed by atoms with Gasteiger partial charge in [0.25, 0.3) is 5.91 Å². The number of carbonyl (C=O) groups is 2. The zero-order chi connectivity index (χ0) is 19.8. The Morgan fingerprint density at radius 3 is 2.41 bits per heavy atom. The highest BCUT2D eigenvalue weighted by molar-refractivity contribution is 6.06. The Labute approximate surface area is 160 Å².